The van der Waals surface area contributed by atoms with Crippen LogP contribution in [0, 0.1) is 11.8 Å². The lowest BCUT2D eigenvalue weighted by Crippen LogP contribution is -2.23. The third-order valence-electron chi connectivity index (χ3n) is 2.58. The Balaban J connectivity index is 0.000000405. The molecular formula is C7H14ClN. The molecule has 0 saturated heterocycles. The van der Waals surface area contributed by atoms with Gasteiger partial charge < -0.3 is 5.73 Å². The van der Waals surface area contributed by atoms with E-state index >= 15 is 0 Å². The lowest BCUT2D eigenvalue weighted by atomic mass is 9.97. The van der Waals surface area contributed by atoms with Crippen LogP contribution in [0.2, 0.25) is 0 Å². The summed E-state index contributed by atoms with van der Waals surface area (Å²) in [4.78, 5) is 0. The second-order valence-electron chi connectivity index (χ2n) is 3.33. The summed E-state index contributed by atoms with van der Waals surface area (Å²) in [5, 5.41) is 0. The zero-order valence-corrected chi connectivity index (χ0v) is 6.36. The van der Waals surface area contributed by atoms with E-state index in [0.29, 0.717) is 6.04 Å². The molecule has 0 aromatic rings. The molecule has 3 atom stereocenters. The van der Waals surface area contributed by atoms with Crippen LogP contribution in [0.3, 0.4) is 0 Å². The molecule has 2 aliphatic carbocycles. The average molecular weight is 148 g/mol. The molecule has 54 valence electrons. The zero-order valence-electron chi connectivity index (χ0n) is 5.55. The summed E-state index contributed by atoms with van der Waals surface area (Å²) in [6.45, 7) is 0. The Morgan fingerprint density at radius 3 is 2.33 bits per heavy atom. The van der Waals surface area contributed by atoms with E-state index in [2.05, 4.69) is 0 Å². The fraction of sp³-hybridized carbons (Fsp3) is 1.00. The molecule has 9 heavy (non-hydrogen) atoms. The minimum Gasteiger partial charge on any atom is -0.328 e. The van der Waals surface area contributed by atoms with Gasteiger partial charge in [-0.25, -0.2) is 0 Å². The fourth-order valence-electron chi connectivity index (χ4n) is 1.89. The van der Waals surface area contributed by atoms with Gasteiger partial charge in [-0.1, -0.05) is 0 Å². The first-order valence-electron chi connectivity index (χ1n) is 3.62. The van der Waals surface area contributed by atoms with E-state index in [9.17, 15) is 0 Å². The van der Waals surface area contributed by atoms with Crippen LogP contribution in [0.4, 0.5) is 0 Å². The van der Waals surface area contributed by atoms with Crippen LogP contribution in [-0.4, -0.2) is 6.04 Å². The average Bonchev–Trinajstić information content (AvgIpc) is 2.43. The van der Waals surface area contributed by atoms with E-state index in [1.807, 2.05) is 0 Å². The summed E-state index contributed by atoms with van der Waals surface area (Å²) < 4.78 is 0. The predicted molar refractivity (Wildman–Crippen MR) is 40.7 cm³/mol. The first-order chi connectivity index (χ1) is 3.86. The first-order valence-corrected chi connectivity index (χ1v) is 3.62. The van der Waals surface area contributed by atoms with Crippen molar-refractivity contribution in [3.8, 4) is 0 Å². The van der Waals surface area contributed by atoms with E-state index < -0.39 is 0 Å². The van der Waals surface area contributed by atoms with Crippen LogP contribution in [-0.2, 0) is 0 Å². The number of nitrogens with two attached hydrogens (primary N) is 1. The quantitative estimate of drug-likeness (QED) is 0.553. The zero-order chi connectivity index (χ0) is 5.56. The van der Waals surface area contributed by atoms with Gasteiger partial charge in [0.25, 0.3) is 0 Å². The molecule has 0 aromatic carbocycles. The largest absolute Gasteiger partial charge is 0.328 e. The second-order valence-corrected chi connectivity index (χ2v) is 3.33. The Morgan fingerprint density at radius 2 is 1.78 bits per heavy atom. The minimum atomic E-state index is 0. The smallest absolute Gasteiger partial charge is 0.00416 e. The van der Waals surface area contributed by atoms with Crippen LogP contribution in [0.5, 0.6) is 0 Å². The monoisotopic (exact) mass is 147 g/mol. The molecule has 2 heteroatoms. The van der Waals surface area contributed by atoms with Crippen molar-refractivity contribution in [1.29, 1.82) is 0 Å². The maximum Gasteiger partial charge on any atom is 0.00416 e. The molecule has 0 radical (unpaired) electrons. The van der Waals surface area contributed by atoms with Gasteiger partial charge in [-0.3, -0.25) is 0 Å². The topological polar surface area (TPSA) is 26.0 Å². The number of rotatable bonds is 0. The molecule has 0 spiro atoms. The van der Waals surface area contributed by atoms with Gasteiger partial charge >= 0.3 is 0 Å². The normalized spacial score (nSPS) is 47.0. The fourth-order valence-corrected chi connectivity index (χ4v) is 1.89. The number of fused-ring (bicyclic) bond motifs is 1. The van der Waals surface area contributed by atoms with Gasteiger partial charge in [0.2, 0.25) is 0 Å². The summed E-state index contributed by atoms with van der Waals surface area (Å²) in [5.41, 5.74) is 5.75. The Bertz CT molecular complexity index is 105. The van der Waals surface area contributed by atoms with E-state index in [1.54, 1.807) is 0 Å². The molecule has 2 saturated carbocycles. The highest BCUT2D eigenvalue weighted by Gasteiger charge is 2.40. The van der Waals surface area contributed by atoms with Crippen molar-refractivity contribution in [2.75, 3.05) is 0 Å². The van der Waals surface area contributed by atoms with Gasteiger partial charge in [-0.05, 0) is 37.5 Å². The maximum atomic E-state index is 5.75. The molecule has 1 nitrogen and oxygen atoms in total. The minimum absolute atomic E-state index is 0. The van der Waals surface area contributed by atoms with Crippen molar-refractivity contribution in [3.63, 3.8) is 0 Å². The Morgan fingerprint density at radius 1 is 1.00 bits per heavy atom. The summed E-state index contributed by atoms with van der Waals surface area (Å²) in [5.74, 6) is 2.16. The molecule has 3 unspecified atom stereocenters. The molecule has 0 heterocycles. The third-order valence-corrected chi connectivity index (χ3v) is 2.58. The summed E-state index contributed by atoms with van der Waals surface area (Å²) >= 11 is 0. The van der Waals surface area contributed by atoms with Crippen molar-refractivity contribution >= 4 is 12.4 Å². The van der Waals surface area contributed by atoms with Crippen LogP contribution in [0.1, 0.15) is 25.7 Å². The number of hydrogen-bond acceptors (Lipinski definition) is 1. The first kappa shape index (κ1) is 7.36. The van der Waals surface area contributed by atoms with Gasteiger partial charge in [0, 0.05) is 6.04 Å². The second kappa shape index (κ2) is 2.47. The molecule has 2 fully saturated rings. The highest BCUT2D eigenvalue weighted by molar-refractivity contribution is 5.85. The van der Waals surface area contributed by atoms with E-state index in [4.69, 9.17) is 5.73 Å². The molecule has 0 bridgehead atoms. The maximum absolute atomic E-state index is 5.75. The predicted octanol–water partition coefficient (Wildman–Crippen LogP) is 1.56. The van der Waals surface area contributed by atoms with Crippen molar-refractivity contribution in [2.24, 2.45) is 17.6 Å². The van der Waals surface area contributed by atoms with Gasteiger partial charge in [-0.15, -0.1) is 12.4 Å². The number of halogens is 1. The van der Waals surface area contributed by atoms with E-state index in [0.717, 1.165) is 11.8 Å². The van der Waals surface area contributed by atoms with Gasteiger partial charge in [0.15, 0.2) is 0 Å². The van der Waals surface area contributed by atoms with Crippen LogP contribution in [0.15, 0.2) is 0 Å². The Labute approximate surface area is 62.4 Å². The lowest BCUT2D eigenvalue weighted by molar-refractivity contribution is 0.422. The third kappa shape index (κ3) is 1.39. The molecule has 2 rings (SSSR count). The highest BCUT2D eigenvalue weighted by atomic mass is 35.5. The molecular weight excluding hydrogens is 134 g/mol. The van der Waals surface area contributed by atoms with Crippen LogP contribution in [0.25, 0.3) is 0 Å². The molecule has 0 amide bonds. The van der Waals surface area contributed by atoms with E-state index in [-0.39, 0.29) is 12.4 Å². The summed E-state index contributed by atoms with van der Waals surface area (Å²) in [6, 6.07) is 0.554. The molecule has 0 aromatic heterocycles. The Hall–Kier alpha value is 0.250. The van der Waals surface area contributed by atoms with Gasteiger partial charge in [0.1, 0.15) is 0 Å². The van der Waals surface area contributed by atoms with Crippen LogP contribution >= 0.6 is 12.4 Å². The molecule has 2 N–H and O–H groups in total. The van der Waals surface area contributed by atoms with Gasteiger partial charge in [0.05, 0.1) is 0 Å². The van der Waals surface area contributed by atoms with Crippen molar-refractivity contribution in [1.82, 2.24) is 0 Å². The summed E-state index contributed by atoms with van der Waals surface area (Å²) in [6.07, 6.45) is 5.53. The van der Waals surface area contributed by atoms with Gasteiger partial charge in [-0.2, -0.15) is 0 Å². The van der Waals surface area contributed by atoms with E-state index in [1.165, 1.54) is 25.7 Å². The SMILES string of the molecule is Cl.NC1CCC2CC2C1. The molecule has 0 aliphatic heterocycles. The number of hydrogen-bond donors (Lipinski definition) is 1. The van der Waals surface area contributed by atoms with Crippen LogP contribution < -0.4 is 5.73 Å². The Kier molecular flexibility index (Phi) is 2.02. The lowest BCUT2D eigenvalue weighted by Gasteiger charge is -2.15. The highest BCUT2D eigenvalue weighted by Crippen LogP contribution is 2.48. The van der Waals surface area contributed by atoms with Crippen molar-refractivity contribution in [2.45, 2.75) is 31.7 Å². The van der Waals surface area contributed by atoms with Crippen molar-refractivity contribution in [3.05, 3.63) is 0 Å². The standard InChI is InChI=1S/C7H13N.ClH/c8-7-2-1-5-3-6(5)4-7;/h5-7H,1-4,8H2;1H. The summed E-state index contributed by atoms with van der Waals surface area (Å²) in [7, 11) is 0. The van der Waals surface area contributed by atoms with Crippen molar-refractivity contribution < 1.29 is 0 Å². The molecule has 2 aliphatic rings.